The number of halogens is 1. The molecule has 0 heterocycles. The summed E-state index contributed by atoms with van der Waals surface area (Å²) in [7, 11) is 2.11. The summed E-state index contributed by atoms with van der Waals surface area (Å²) in [5, 5.41) is 3.51. The zero-order chi connectivity index (χ0) is 12.1. The van der Waals surface area contributed by atoms with Gasteiger partial charge in [0.05, 0.1) is 0 Å². The van der Waals surface area contributed by atoms with E-state index in [1.807, 2.05) is 12.1 Å². The van der Waals surface area contributed by atoms with Gasteiger partial charge in [0.25, 0.3) is 0 Å². The number of hydrogen-bond acceptors (Lipinski definition) is 2. The minimum absolute atomic E-state index is 0.162. The predicted molar refractivity (Wildman–Crippen MR) is 68.4 cm³/mol. The molecule has 1 aromatic carbocycles. The molecule has 0 bridgehead atoms. The highest BCUT2D eigenvalue weighted by molar-refractivity contribution is 5.15. The Kier molecular flexibility index (Phi) is 4.51. The monoisotopic (exact) mass is 236 g/mol. The number of hydrogen-bond donors (Lipinski definition) is 1. The van der Waals surface area contributed by atoms with Crippen LogP contribution in [0.5, 0.6) is 0 Å². The molecule has 1 aliphatic carbocycles. The van der Waals surface area contributed by atoms with Crippen molar-refractivity contribution in [2.75, 3.05) is 20.1 Å². The molecule has 0 atom stereocenters. The van der Waals surface area contributed by atoms with E-state index in [4.69, 9.17) is 0 Å². The fourth-order valence-corrected chi connectivity index (χ4v) is 1.92. The maximum atomic E-state index is 12.7. The third-order valence-electron chi connectivity index (χ3n) is 3.09. The quantitative estimate of drug-likeness (QED) is 0.731. The summed E-state index contributed by atoms with van der Waals surface area (Å²) < 4.78 is 12.7. The molecule has 1 aromatic rings. The first-order chi connectivity index (χ1) is 8.24. The molecule has 0 spiro atoms. The van der Waals surface area contributed by atoms with Crippen LogP contribution in [-0.2, 0) is 6.54 Å². The second-order valence-electron chi connectivity index (χ2n) is 4.95. The molecule has 17 heavy (non-hydrogen) atoms. The summed E-state index contributed by atoms with van der Waals surface area (Å²) in [4.78, 5) is 2.28. The number of nitrogens with one attached hydrogen (secondary N) is 1. The summed E-state index contributed by atoms with van der Waals surface area (Å²) in [6.45, 7) is 3.08. The fraction of sp³-hybridized carbons (Fsp3) is 0.571. The fourth-order valence-electron chi connectivity index (χ4n) is 1.92. The Labute approximate surface area is 103 Å². The first kappa shape index (κ1) is 12.5. The van der Waals surface area contributed by atoms with Gasteiger partial charge in [-0.25, -0.2) is 4.39 Å². The van der Waals surface area contributed by atoms with E-state index in [0.29, 0.717) is 0 Å². The molecule has 0 amide bonds. The van der Waals surface area contributed by atoms with Crippen LogP contribution in [-0.4, -0.2) is 31.1 Å². The normalized spacial score (nSPS) is 15.5. The van der Waals surface area contributed by atoms with E-state index in [2.05, 4.69) is 17.3 Å². The van der Waals surface area contributed by atoms with Crippen molar-refractivity contribution >= 4 is 0 Å². The lowest BCUT2D eigenvalue weighted by molar-refractivity contribution is 0.319. The van der Waals surface area contributed by atoms with Crippen LogP contribution >= 0.6 is 0 Å². The molecule has 94 valence electrons. The van der Waals surface area contributed by atoms with Crippen molar-refractivity contribution in [2.24, 2.45) is 0 Å². The SMILES string of the molecule is CN(CCCNC1CC1)Cc1ccc(F)cc1. The molecule has 0 radical (unpaired) electrons. The lowest BCUT2D eigenvalue weighted by atomic mass is 10.2. The molecular weight excluding hydrogens is 215 g/mol. The van der Waals surface area contributed by atoms with Crippen molar-refractivity contribution in [3.8, 4) is 0 Å². The smallest absolute Gasteiger partial charge is 0.123 e. The minimum Gasteiger partial charge on any atom is -0.314 e. The average molecular weight is 236 g/mol. The molecule has 1 aliphatic rings. The van der Waals surface area contributed by atoms with Gasteiger partial charge in [-0.1, -0.05) is 12.1 Å². The van der Waals surface area contributed by atoms with Crippen LogP contribution in [0.15, 0.2) is 24.3 Å². The van der Waals surface area contributed by atoms with Crippen LogP contribution in [0.25, 0.3) is 0 Å². The second-order valence-corrected chi connectivity index (χ2v) is 4.95. The molecule has 0 unspecified atom stereocenters. The van der Waals surface area contributed by atoms with Crippen LogP contribution in [0.3, 0.4) is 0 Å². The van der Waals surface area contributed by atoms with Gasteiger partial charge in [0, 0.05) is 12.6 Å². The minimum atomic E-state index is -0.162. The van der Waals surface area contributed by atoms with E-state index in [-0.39, 0.29) is 5.82 Å². The largest absolute Gasteiger partial charge is 0.314 e. The molecule has 0 aliphatic heterocycles. The molecule has 0 aromatic heterocycles. The standard InChI is InChI=1S/C14H21FN2/c1-17(10-2-9-16-14-7-8-14)11-12-3-5-13(15)6-4-12/h3-6,14,16H,2,7-11H2,1H3. The van der Waals surface area contributed by atoms with Crippen LogP contribution in [0.2, 0.25) is 0 Å². The average Bonchev–Trinajstić information content (AvgIpc) is 3.12. The zero-order valence-electron chi connectivity index (χ0n) is 10.5. The van der Waals surface area contributed by atoms with Crippen LogP contribution in [0, 0.1) is 5.82 Å². The van der Waals surface area contributed by atoms with E-state index in [0.717, 1.165) is 25.7 Å². The number of rotatable bonds is 7. The predicted octanol–water partition coefficient (Wildman–Crippen LogP) is 2.40. The van der Waals surface area contributed by atoms with E-state index in [9.17, 15) is 4.39 Å². The molecule has 2 rings (SSSR count). The number of benzene rings is 1. The Bertz CT molecular complexity index is 333. The van der Waals surface area contributed by atoms with Gasteiger partial charge < -0.3 is 10.2 Å². The first-order valence-electron chi connectivity index (χ1n) is 6.40. The molecular formula is C14H21FN2. The van der Waals surface area contributed by atoms with Gasteiger partial charge in [-0.3, -0.25) is 0 Å². The van der Waals surface area contributed by atoms with Gasteiger partial charge in [0.1, 0.15) is 5.82 Å². The van der Waals surface area contributed by atoms with Gasteiger partial charge in [-0.2, -0.15) is 0 Å². The summed E-state index contributed by atoms with van der Waals surface area (Å²) in [5.74, 6) is -0.162. The van der Waals surface area contributed by atoms with E-state index in [1.54, 1.807) is 0 Å². The van der Waals surface area contributed by atoms with Gasteiger partial charge in [-0.05, 0) is 57.1 Å². The highest BCUT2D eigenvalue weighted by Gasteiger charge is 2.19. The van der Waals surface area contributed by atoms with Gasteiger partial charge in [-0.15, -0.1) is 0 Å². The maximum Gasteiger partial charge on any atom is 0.123 e. The molecule has 1 N–H and O–H groups in total. The highest BCUT2D eigenvalue weighted by Crippen LogP contribution is 2.18. The molecule has 0 saturated heterocycles. The van der Waals surface area contributed by atoms with E-state index >= 15 is 0 Å². The van der Waals surface area contributed by atoms with Crippen molar-refractivity contribution < 1.29 is 4.39 Å². The lowest BCUT2D eigenvalue weighted by Gasteiger charge is -2.16. The third kappa shape index (κ3) is 4.84. The van der Waals surface area contributed by atoms with E-state index < -0.39 is 0 Å². The van der Waals surface area contributed by atoms with Crippen molar-refractivity contribution in [1.29, 1.82) is 0 Å². The Hall–Kier alpha value is -0.930. The molecule has 1 saturated carbocycles. The van der Waals surface area contributed by atoms with Gasteiger partial charge in [0.2, 0.25) is 0 Å². The van der Waals surface area contributed by atoms with Crippen molar-refractivity contribution in [3.05, 3.63) is 35.6 Å². The lowest BCUT2D eigenvalue weighted by Crippen LogP contribution is -2.24. The number of nitrogens with zero attached hydrogens (tertiary/aromatic N) is 1. The highest BCUT2D eigenvalue weighted by atomic mass is 19.1. The van der Waals surface area contributed by atoms with Crippen LogP contribution in [0.1, 0.15) is 24.8 Å². The van der Waals surface area contributed by atoms with Gasteiger partial charge >= 0.3 is 0 Å². The summed E-state index contributed by atoms with van der Waals surface area (Å²) in [6.07, 6.45) is 3.88. The van der Waals surface area contributed by atoms with Crippen molar-refractivity contribution in [1.82, 2.24) is 10.2 Å². The van der Waals surface area contributed by atoms with Crippen molar-refractivity contribution in [3.63, 3.8) is 0 Å². The van der Waals surface area contributed by atoms with Crippen molar-refractivity contribution in [2.45, 2.75) is 31.8 Å². The van der Waals surface area contributed by atoms with Crippen LogP contribution < -0.4 is 5.32 Å². The van der Waals surface area contributed by atoms with Gasteiger partial charge in [0.15, 0.2) is 0 Å². The maximum absolute atomic E-state index is 12.7. The summed E-state index contributed by atoms with van der Waals surface area (Å²) >= 11 is 0. The molecule has 3 heteroatoms. The van der Waals surface area contributed by atoms with Crippen LogP contribution in [0.4, 0.5) is 4.39 Å². The second kappa shape index (κ2) is 6.12. The Morgan fingerprint density at radius 1 is 1.29 bits per heavy atom. The Morgan fingerprint density at radius 2 is 2.00 bits per heavy atom. The van der Waals surface area contributed by atoms with E-state index in [1.165, 1.54) is 37.0 Å². The third-order valence-corrected chi connectivity index (χ3v) is 3.09. The summed E-state index contributed by atoms with van der Waals surface area (Å²) in [6, 6.07) is 7.57. The topological polar surface area (TPSA) is 15.3 Å². The molecule has 1 fully saturated rings. The zero-order valence-corrected chi connectivity index (χ0v) is 10.5. The Morgan fingerprint density at radius 3 is 2.65 bits per heavy atom. The summed E-state index contributed by atoms with van der Waals surface area (Å²) in [5.41, 5.74) is 1.17. The first-order valence-corrected chi connectivity index (χ1v) is 6.40. The molecule has 2 nitrogen and oxygen atoms in total. The Balaban J connectivity index is 1.61.